The third-order valence-electron chi connectivity index (χ3n) is 6.69. The van der Waals surface area contributed by atoms with Crippen molar-refractivity contribution in [1.29, 1.82) is 0 Å². The summed E-state index contributed by atoms with van der Waals surface area (Å²) in [4.78, 5) is 32.6. The molecule has 0 aliphatic carbocycles. The summed E-state index contributed by atoms with van der Waals surface area (Å²) in [5, 5.41) is 4.05. The number of benzene rings is 1. The van der Waals surface area contributed by atoms with Gasteiger partial charge in [-0.25, -0.2) is 9.97 Å². The molecule has 0 bridgehead atoms. The highest BCUT2D eigenvalue weighted by molar-refractivity contribution is 7.22. The maximum absolute atomic E-state index is 13.2. The fourth-order valence-electron chi connectivity index (χ4n) is 4.52. The van der Waals surface area contributed by atoms with Crippen LogP contribution in [0, 0.1) is 6.92 Å². The van der Waals surface area contributed by atoms with Gasteiger partial charge in [0.2, 0.25) is 0 Å². The van der Waals surface area contributed by atoms with E-state index in [0.717, 1.165) is 70.5 Å². The molecule has 186 valence electrons. The molecule has 2 aromatic heterocycles. The molecule has 5 rings (SSSR count). The Labute approximate surface area is 216 Å². The van der Waals surface area contributed by atoms with Crippen LogP contribution in [0.2, 0.25) is 0 Å². The molecule has 1 N–H and O–H groups in total. The van der Waals surface area contributed by atoms with E-state index in [1.165, 1.54) is 16.9 Å². The van der Waals surface area contributed by atoms with Crippen molar-refractivity contribution < 1.29 is 4.79 Å². The number of nitrogens with one attached hydrogen (secondary N) is 1. The number of thiazole rings is 1. The number of hydrogen-bond donors (Lipinski definition) is 1. The lowest BCUT2D eigenvalue weighted by Crippen LogP contribution is -2.24. The monoisotopic (exact) mass is 500 g/mol. The van der Waals surface area contributed by atoms with Gasteiger partial charge in [0.05, 0.1) is 0 Å². The molecule has 0 saturated heterocycles. The number of pyridine rings is 1. The number of aryl methyl sites for hydroxylation is 1. The van der Waals surface area contributed by atoms with Crippen molar-refractivity contribution in [2.75, 3.05) is 43.9 Å². The van der Waals surface area contributed by atoms with Crippen LogP contribution < -0.4 is 10.2 Å². The lowest BCUT2D eigenvalue weighted by atomic mass is 9.94. The smallest absolute Gasteiger partial charge is 0.190 e. The highest BCUT2D eigenvalue weighted by atomic mass is 32.1. The van der Waals surface area contributed by atoms with Gasteiger partial charge in [-0.15, -0.1) is 0 Å². The molecule has 7 nitrogen and oxygen atoms in total. The number of rotatable bonds is 5. The first-order valence-electron chi connectivity index (χ1n) is 12.5. The molecule has 2 aliphatic rings. The van der Waals surface area contributed by atoms with Crippen LogP contribution in [-0.4, -0.2) is 60.2 Å². The summed E-state index contributed by atoms with van der Waals surface area (Å²) < 4.78 is 0. The Morgan fingerprint density at radius 2 is 1.89 bits per heavy atom. The molecule has 0 radical (unpaired) electrons. The standard InChI is InChI=1S/C28H32N6OS/c1-19-8-10-22(11-9-19)34(3)25-13-12-23-27(32-25)36-28(30-23)31-24-18-21(14-15-29-24)26(35)20-6-4-16-33(2)17-5-7-20/h6,8-13,18H,4-5,7,14-17H2,1-3H3,(H,29,30,31)/b20-6-. The van der Waals surface area contributed by atoms with Crippen molar-refractivity contribution in [3.63, 3.8) is 0 Å². The third-order valence-corrected chi connectivity index (χ3v) is 7.57. The molecule has 0 amide bonds. The van der Waals surface area contributed by atoms with Crippen LogP contribution in [0.15, 0.2) is 64.7 Å². The number of carbonyl (C=O) groups is 1. The first-order chi connectivity index (χ1) is 17.5. The van der Waals surface area contributed by atoms with E-state index in [1.54, 1.807) is 0 Å². The topological polar surface area (TPSA) is 73.7 Å². The number of aliphatic imine (C=N–C) groups is 1. The van der Waals surface area contributed by atoms with Gasteiger partial charge in [-0.05, 0) is 82.1 Å². The Morgan fingerprint density at radius 3 is 2.72 bits per heavy atom. The Hall–Kier alpha value is -3.36. The van der Waals surface area contributed by atoms with Gasteiger partial charge in [-0.2, -0.15) is 0 Å². The summed E-state index contributed by atoms with van der Waals surface area (Å²) in [5.41, 5.74) is 4.93. The largest absolute Gasteiger partial charge is 0.329 e. The number of Topliss-reactive ketones (excluding diaryl/α,β-unsaturated/α-hetero) is 1. The normalized spacial score (nSPS) is 18.5. The van der Waals surface area contributed by atoms with E-state index < -0.39 is 0 Å². The van der Waals surface area contributed by atoms with Gasteiger partial charge in [0, 0.05) is 31.4 Å². The predicted octanol–water partition coefficient (Wildman–Crippen LogP) is 5.52. The number of nitrogens with zero attached hydrogens (tertiary/aromatic N) is 5. The zero-order valence-electron chi connectivity index (χ0n) is 21.1. The molecule has 36 heavy (non-hydrogen) atoms. The molecule has 3 aromatic rings. The highest BCUT2D eigenvalue weighted by Gasteiger charge is 2.20. The first-order valence-corrected chi connectivity index (χ1v) is 13.3. The van der Waals surface area contributed by atoms with Gasteiger partial charge >= 0.3 is 0 Å². The first kappa shape index (κ1) is 24.3. The van der Waals surface area contributed by atoms with Crippen molar-refractivity contribution in [3.8, 4) is 0 Å². The second kappa shape index (κ2) is 10.7. The van der Waals surface area contributed by atoms with Gasteiger partial charge in [0.1, 0.15) is 22.0 Å². The number of anilines is 3. The summed E-state index contributed by atoms with van der Waals surface area (Å²) in [6.07, 6.45) is 7.47. The number of aromatic nitrogens is 2. The number of dihydropyridines is 1. The minimum Gasteiger partial charge on any atom is -0.329 e. The predicted molar refractivity (Wildman–Crippen MR) is 150 cm³/mol. The summed E-state index contributed by atoms with van der Waals surface area (Å²) in [6.45, 7) is 4.72. The fourth-order valence-corrected chi connectivity index (χ4v) is 5.36. The molecule has 4 heterocycles. The molecule has 0 spiro atoms. The van der Waals surface area contributed by atoms with Gasteiger partial charge in [0.15, 0.2) is 10.9 Å². The van der Waals surface area contributed by atoms with Crippen molar-refractivity contribution >= 4 is 49.9 Å². The van der Waals surface area contributed by atoms with Crippen LogP contribution in [0.1, 0.15) is 31.2 Å². The van der Waals surface area contributed by atoms with Crippen molar-refractivity contribution in [3.05, 3.63) is 65.3 Å². The Morgan fingerprint density at radius 1 is 1.06 bits per heavy atom. The lowest BCUT2D eigenvalue weighted by molar-refractivity contribution is -0.112. The minimum atomic E-state index is 0.170. The molecule has 0 unspecified atom stereocenters. The van der Waals surface area contributed by atoms with Crippen LogP contribution in [0.25, 0.3) is 10.3 Å². The molecular formula is C28H32N6OS. The highest BCUT2D eigenvalue weighted by Crippen LogP contribution is 2.29. The van der Waals surface area contributed by atoms with E-state index in [-0.39, 0.29) is 5.78 Å². The molecule has 0 saturated carbocycles. The van der Waals surface area contributed by atoms with Gasteiger partial charge in [0.25, 0.3) is 0 Å². The van der Waals surface area contributed by atoms with E-state index in [0.29, 0.717) is 18.8 Å². The van der Waals surface area contributed by atoms with Crippen LogP contribution in [0.5, 0.6) is 0 Å². The lowest BCUT2D eigenvalue weighted by Gasteiger charge is -2.20. The zero-order valence-corrected chi connectivity index (χ0v) is 21.9. The third kappa shape index (κ3) is 5.55. The average Bonchev–Trinajstić information content (AvgIpc) is 3.27. The van der Waals surface area contributed by atoms with E-state index in [9.17, 15) is 4.79 Å². The van der Waals surface area contributed by atoms with Crippen LogP contribution >= 0.6 is 11.3 Å². The molecular weight excluding hydrogens is 468 g/mol. The Balaban J connectivity index is 1.30. The van der Waals surface area contributed by atoms with Crippen LogP contribution in [0.4, 0.5) is 16.6 Å². The van der Waals surface area contributed by atoms with Crippen LogP contribution in [-0.2, 0) is 4.79 Å². The summed E-state index contributed by atoms with van der Waals surface area (Å²) in [7, 11) is 4.16. The van der Waals surface area contributed by atoms with E-state index in [4.69, 9.17) is 9.97 Å². The number of carbonyl (C=O) groups excluding carboxylic acids is 1. The Kier molecular flexibility index (Phi) is 7.25. The molecule has 1 aromatic carbocycles. The number of amidine groups is 1. The molecule has 8 heteroatoms. The van der Waals surface area contributed by atoms with Crippen molar-refractivity contribution in [2.24, 2.45) is 4.99 Å². The summed E-state index contributed by atoms with van der Waals surface area (Å²) >= 11 is 1.49. The Bertz CT molecular complexity index is 1350. The second-order valence-electron chi connectivity index (χ2n) is 9.47. The van der Waals surface area contributed by atoms with Gasteiger partial charge < -0.3 is 15.1 Å². The van der Waals surface area contributed by atoms with Crippen LogP contribution in [0.3, 0.4) is 0 Å². The maximum Gasteiger partial charge on any atom is 0.190 e. The van der Waals surface area contributed by atoms with Crippen molar-refractivity contribution in [1.82, 2.24) is 14.9 Å². The SMILES string of the molecule is Cc1ccc(N(C)c2ccc3nc(NC4=NCCC(C(=O)/C5=C\CCN(C)CCC5)=C4)sc3n2)cc1. The van der Waals surface area contributed by atoms with Crippen molar-refractivity contribution in [2.45, 2.75) is 32.6 Å². The minimum absolute atomic E-state index is 0.170. The number of fused-ring (bicyclic) bond motifs is 1. The molecule has 2 aliphatic heterocycles. The number of allylic oxidation sites excluding steroid dienone is 1. The summed E-state index contributed by atoms with van der Waals surface area (Å²) in [6, 6.07) is 12.4. The van der Waals surface area contributed by atoms with Gasteiger partial charge in [-0.1, -0.05) is 35.1 Å². The maximum atomic E-state index is 13.2. The summed E-state index contributed by atoms with van der Waals surface area (Å²) in [5.74, 6) is 1.72. The molecule has 0 atom stereocenters. The quantitative estimate of drug-likeness (QED) is 0.497. The van der Waals surface area contributed by atoms with E-state index >= 15 is 0 Å². The second-order valence-corrected chi connectivity index (χ2v) is 10.5. The van der Waals surface area contributed by atoms with Gasteiger partial charge in [-0.3, -0.25) is 9.79 Å². The zero-order chi connectivity index (χ0) is 25.1. The average molecular weight is 501 g/mol. The van der Waals surface area contributed by atoms with E-state index in [1.807, 2.05) is 25.3 Å². The molecule has 0 fully saturated rings. The number of ketones is 1. The number of hydrogen-bond acceptors (Lipinski definition) is 8. The van der Waals surface area contributed by atoms with E-state index in [2.05, 4.69) is 64.4 Å². The fraction of sp³-hybridized carbons (Fsp3) is 0.357.